The first kappa shape index (κ1) is 4.43. The third kappa shape index (κ3) is 0.561. The molecule has 0 aromatic carbocycles. The molecule has 2 heterocycles. The molecule has 2 aromatic rings. The van der Waals surface area contributed by atoms with E-state index in [1.54, 1.807) is 18.5 Å². The summed E-state index contributed by atoms with van der Waals surface area (Å²) in [5.41, 5.74) is 0.532. The van der Waals surface area contributed by atoms with Gasteiger partial charge in [-0.1, -0.05) is 5.10 Å². The zero-order valence-corrected chi connectivity index (χ0v) is 4.48. The van der Waals surface area contributed by atoms with E-state index in [1.165, 1.54) is 0 Å². The highest BCUT2D eigenvalue weighted by Gasteiger charge is 1.93. The van der Waals surface area contributed by atoms with Crippen molar-refractivity contribution < 1.29 is 4.42 Å². The molecule has 0 unspecified atom stereocenters. The standard InChI is InChI=1S/C5H3N3O/c1-2-9-5-4(1)3-6-8-7-5/h1-3H. The van der Waals surface area contributed by atoms with Gasteiger partial charge in [-0.2, -0.15) is 0 Å². The van der Waals surface area contributed by atoms with Gasteiger partial charge in [0, 0.05) is 0 Å². The summed E-state index contributed by atoms with van der Waals surface area (Å²) in [5.74, 6) is 0. The molecule has 0 aliphatic heterocycles. The first-order valence-corrected chi connectivity index (χ1v) is 2.48. The van der Waals surface area contributed by atoms with Crippen LogP contribution >= 0.6 is 0 Å². The minimum atomic E-state index is 0.532. The van der Waals surface area contributed by atoms with E-state index >= 15 is 0 Å². The van der Waals surface area contributed by atoms with E-state index < -0.39 is 0 Å². The lowest BCUT2D eigenvalue weighted by Crippen LogP contribution is -1.81. The van der Waals surface area contributed by atoms with Crippen molar-refractivity contribution in [3.8, 4) is 0 Å². The number of nitrogens with zero attached hydrogens (tertiary/aromatic N) is 3. The molecule has 2 rings (SSSR count). The van der Waals surface area contributed by atoms with Gasteiger partial charge in [0.15, 0.2) is 0 Å². The molecule has 0 aliphatic rings. The van der Waals surface area contributed by atoms with E-state index in [0.717, 1.165) is 5.39 Å². The van der Waals surface area contributed by atoms with Gasteiger partial charge in [-0.15, -0.1) is 5.10 Å². The highest BCUT2D eigenvalue weighted by molar-refractivity contribution is 5.70. The maximum atomic E-state index is 4.90. The molecule has 0 N–H and O–H groups in total. The van der Waals surface area contributed by atoms with Crippen molar-refractivity contribution in [2.45, 2.75) is 0 Å². The fraction of sp³-hybridized carbons (Fsp3) is 0. The molecule has 44 valence electrons. The highest BCUT2D eigenvalue weighted by atomic mass is 16.3. The SMILES string of the molecule is c1cc2cnnnc2o1. The molecule has 0 aliphatic carbocycles. The van der Waals surface area contributed by atoms with Crippen LogP contribution in [0, 0.1) is 0 Å². The first-order chi connectivity index (χ1) is 4.47. The average Bonchev–Trinajstić information content (AvgIpc) is 2.33. The molecule has 0 bridgehead atoms. The number of furan rings is 1. The summed E-state index contributed by atoms with van der Waals surface area (Å²) in [7, 11) is 0. The molecular weight excluding hydrogens is 118 g/mol. The number of aromatic nitrogens is 3. The van der Waals surface area contributed by atoms with Gasteiger partial charge in [0.05, 0.1) is 17.8 Å². The van der Waals surface area contributed by atoms with E-state index in [-0.39, 0.29) is 0 Å². The third-order valence-electron chi connectivity index (χ3n) is 1.06. The summed E-state index contributed by atoms with van der Waals surface area (Å²) < 4.78 is 4.90. The lowest BCUT2D eigenvalue weighted by atomic mass is 10.4. The van der Waals surface area contributed by atoms with Crippen LogP contribution in [0.1, 0.15) is 0 Å². The lowest BCUT2D eigenvalue weighted by molar-refractivity contribution is 0.592. The maximum absolute atomic E-state index is 4.90. The molecule has 0 saturated heterocycles. The monoisotopic (exact) mass is 121 g/mol. The average molecular weight is 121 g/mol. The largest absolute Gasteiger partial charge is 0.445 e. The van der Waals surface area contributed by atoms with Crippen molar-refractivity contribution in [1.29, 1.82) is 0 Å². The second-order valence-corrected chi connectivity index (χ2v) is 1.62. The molecule has 0 fully saturated rings. The Morgan fingerprint density at radius 2 is 2.44 bits per heavy atom. The Hall–Kier alpha value is -1.45. The molecule has 0 spiro atoms. The Labute approximate surface area is 50.5 Å². The van der Waals surface area contributed by atoms with E-state index in [4.69, 9.17) is 4.42 Å². The molecule has 4 heteroatoms. The summed E-state index contributed by atoms with van der Waals surface area (Å²) in [5, 5.41) is 11.4. The molecule has 2 aromatic heterocycles. The molecule has 0 atom stereocenters. The van der Waals surface area contributed by atoms with Gasteiger partial charge in [0.25, 0.3) is 0 Å². The maximum Gasteiger partial charge on any atom is 0.249 e. The smallest absolute Gasteiger partial charge is 0.249 e. The van der Waals surface area contributed by atoms with Crippen LogP contribution in [0.4, 0.5) is 0 Å². The molecule has 0 radical (unpaired) electrons. The summed E-state index contributed by atoms with van der Waals surface area (Å²) in [6.07, 6.45) is 3.16. The van der Waals surface area contributed by atoms with Crippen LogP contribution in [0.2, 0.25) is 0 Å². The Morgan fingerprint density at radius 1 is 1.44 bits per heavy atom. The quantitative estimate of drug-likeness (QED) is 0.512. The van der Waals surface area contributed by atoms with Crippen LogP contribution in [-0.4, -0.2) is 15.4 Å². The van der Waals surface area contributed by atoms with E-state index in [2.05, 4.69) is 15.4 Å². The van der Waals surface area contributed by atoms with Crippen molar-refractivity contribution in [2.75, 3.05) is 0 Å². The van der Waals surface area contributed by atoms with Crippen molar-refractivity contribution in [3.63, 3.8) is 0 Å². The molecule has 4 nitrogen and oxygen atoms in total. The van der Waals surface area contributed by atoms with E-state index in [9.17, 15) is 0 Å². The molecule has 0 amide bonds. The Kier molecular flexibility index (Phi) is 0.745. The van der Waals surface area contributed by atoms with E-state index in [1.807, 2.05) is 0 Å². The normalized spacial score (nSPS) is 10.2. The fourth-order valence-corrected chi connectivity index (χ4v) is 0.645. The summed E-state index contributed by atoms with van der Waals surface area (Å²) >= 11 is 0. The molecule has 0 saturated carbocycles. The predicted molar refractivity (Wildman–Crippen MR) is 29.6 cm³/mol. The first-order valence-electron chi connectivity index (χ1n) is 2.48. The van der Waals surface area contributed by atoms with Crippen LogP contribution < -0.4 is 0 Å². The van der Waals surface area contributed by atoms with Crippen molar-refractivity contribution in [3.05, 3.63) is 18.5 Å². The summed E-state index contributed by atoms with van der Waals surface area (Å²) in [6, 6.07) is 1.79. The number of hydrogen-bond acceptors (Lipinski definition) is 4. The number of hydrogen-bond donors (Lipinski definition) is 0. The predicted octanol–water partition coefficient (Wildman–Crippen LogP) is 0.618. The van der Waals surface area contributed by atoms with Gasteiger partial charge in [0.2, 0.25) is 5.71 Å². The lowest BCUT2D eigenvalue weighted by Gasteiger charge is -1.78. The van der Waals surface area contributed by atoms with Crippen molar-refractivity contribution in [1.82, 2.24) is 15.4 Å². The van der Waals surface area contributed by atoms with Gasteiger partial charge < -0.3 is 4.42 Å². The van der Waals surface area contributed by atoms with Crippen LogP contribution in [0.25, 0.3) is 11.1 Å². The van der Waals surface area contributed by atoms with Crippen LogP contribution in [0.3, 0.4) is 0 Å². The Balaban J connectivity index is 2.95. The van der Waals surface area contributed by atoms with E-state index in [0.29, 0.717) is 5.71 Å². The van der Waals surface area contributed by atoms with Gasteiger partial charge in [-0.05, 0) is 11.3 Å². The van der Waals surface area contributed by atoms with Crippen molar-refractivity contribution >= 4 is 11.1 Å². The van der Waals surface area contributed by atoms with Gasteiger partial charge in [-0.3, -0.25) is 0 Å². The highest BCUT2D eigenvalue weighted by Crippen LogP contribution is 2.07. The fourth-order valence-electron chi connectivity index (χ4n) is 0.645. The second kappa shape index (κ2) is 1.51. The Bertz CT molecular complexity index is 286. The van der Waals surface area contributed by atoms with Crippen LogP contribution in [0.15, 0.2) is 22.9 Å². The molecular formula is C5H3N3O. The summed E-state index contributed by atoms with van der Waals surface area (Å²) in [6.45, 7) is 0. The minimum absolute atomic E-state index is 0.532. The minimum Gasteiger partial charge on any atom is -0.445 e. The summed E-state index contributed by atoms with van der Waals surface area (Å²) in [4.78, 5) is 0. The van der Waals surface area contributed by atoms with Crippen LogP contribution in [-0.2, 0) is 0 Å². The Morgan fingerprint density at radius 3 is 3.33 bits per heavy atom. The molecule has 9 heavy (non-hydrogen) atoms. The third-order valence-corrected chi connectivity index (χ3v) is 1.06. The zero-order chi connectivity index (χ0) is 6.10. The van der Waals surface area contributed by atoms with Crippen LogP contribution in [0.5, 0.6) is 0 Å². The van der Waals surface area contributed by atoms with Gasteiger partial charge in [0.1, 0.15) is 0 Å². The van der Waals surface area contributed by atoms with Gasteiger partial charge >= 0.3 is 0 Å². The van der Waals surface area contributed by atoms with Crippen molar-refractivity contribution in [2.24, 2.45) is 0 Å². The van der Waals surface area contributed by atoms with Gasteiger partial charge in [-0.25, -0.2) is 0 Å². The number of rotatable bonds is 0. The zero-order valence-electron chi connectivity index (χ0n) is 4.48. The number of fused-ring (bicyclic) bond motifs is 1. The topological polar surface area (TPSA) is 51.8 Å². The second-order valence-electron chi connectivity index (χ2n) is 1.62.